The molecule has 0 saturated carbocycles. The van der Waals surface area contributed by atoms with Crippen LogP contribution in [0.25, 0.3) is 0 Å². The van der Waals surface area contributed by atoms with Gasteiger partial charge in [0.1, 0.15) is 10.8 Å². The average Bonchev–Trinajstić information content (AvgIpc) is 2.94. The number of aromatic nitrogens is 1. The van der Waals surface area contributed by atoms with Crippen molar-refractivity contribution in [1.29, 1.82) is 0 Å². The van der Waals surface area contributed by atoms with Gasteiger partial charge in [-0.05, 0) is 57.7 Å². The maximum atomic E-state index is 14.1. The lowest BCUT2D eigenvalue weighted by Gasteiger charge is -2.32. The summed E-state index contributed by atoms with van der Waals surface area (Å²) in [5.41, 5.74) is 2.64. The number of aryl methyl sites for hydroxylation is 2. The number of halogens is 1. The van der Waals surface area contributed by atoms with Crippen LogP contribution in [-0.4, -0.2) is 11.0 Å². The van der Waals surface area contributed by atoms with E-state index in [0.29, 0.717) is 6.04 Å². The highest BCUT2D eigenvalue weighted by Crippen LogP contribution is 2.45. The van der Waals surface area contributed by atoms with Crippen molar-refractivity contribution >= 4 is 11.3 Å². The first-order valence-corrected chi connectivity index (χ1v) is 8.26. The van der Waals surface area contributed by atoms with Crippen LogP contribution in [0.1, 0.15) is 47.0 Å². The molecule has 112 valence electrons. The van der Waals surface area contributed by atoms with E-state index >= 15 is 0 Å². The fraction of sp³-hybridized carbons (Fsp3) is 0.471. The molecule has 1 heterocycles. The van der Waals surface area contributed by atoms with Crippen molar-refractivity contribution in [2.75, 3.05) is 0 Å². The van der Waals surface area contributed by atoms with E-state index in [2.05, 4.69) is 26.1 Å². The van der Waals surface area contributed by atoms with Gasteiger partial charge in [0.15, 0.2) is 0 Å². The Kier molecular flexibility index (Phi) is 3.62. The number of benzene rings is 1. The summed E-state index contributed by atoms with van der Waals surface area (Å²) in [6, 6.07) is 5.72. The van der Waals surface area contributed by atoms with E-state index in [1.165, 1.54) is 4.88 Å². The topological polar surface area (TPSA) is 24.9 Å². The minimum Gasteiger partial charge on any atom is -0.299 e. The van der Waals surface area contributed by atoms with Crippen LogP contribution in [0.15, 0.2) is 18.2 Å². The van der Waals surface area contributed by atoms with Crippen LogP contribution in [0.5, 0.6) is 0 Å². The van der Waals surface area contributed by atoms with Crippen LogP contribution >= 0.6 is 11.3 Å². The molecule has 1 aliphatic carbocycles. The summed E-state index contributed by atoms with van der Waals surface area (Å²) in [6.07, 6.45) is 1.63. The molecule has 3 rings (SSSR count). The Morgan fingerprint density at radius 2 is 2.10 bits per heavy atom. The molecule has 0 bridgehead atoms. The number of fused-ring (bicyclic) bond motifs is 1. The van der Waals surface area contributed by atoms with Gasteiger partial charge in [0.2, 0.25) is 0 Å². The second-order valence-electron chi connectivity index (χ2n) is 6.13. The maximum absolute atomic E-state index is 14.1. The first-order chi connectivity index (χ1) is 9.94. The quantitative estimate of drug-likeness (QED) is 0.924. The van der Waals surface area contributed by atoms with Gasteiger partial charge in [-0.15, -0.1) is 11.3 Å². The molecule has 1 aromatic carbocycles. The van der Waals surface area contributed by atoms with Crippen LogP contribution in [0.2, 0.25) is 0 Å². The largest absolute Gasteiger partial charge is 0.299 e. The lowest BCUT2D eigenvalue weighted by Crippen LogP contribution is -2.45. The van der Waals surface area contributed by atoms with Gasteiger partial charge in [-0.25, -0.2) is 9.37 Å². The highest BCUT2D eigenvalue weighted by molar-refractivity contribution is 7.11. The minimum absolute atomic E-state index is 0.0927. The number of thiazole rings is 1. The SMILES string of the molecule is Cc1nc(C2(NC(C)C)CCc3c(F)cccc32)sc1C. The standard InChI is InChI=1S/C17H21FN2S/c1-10(2)20-17(16-19-11(3)12(4)21-16)9-8-13-14(17)6-5-7-15(13)18/h5-7,10,20H,8-9H2,1-4H3. The second kappa shape index (κ2) is 5.18. The van der Waals surface area contributed by atoms with Crippen molar-refractivity contribution in [3.63, 3.8) is 0 Å². The number of hydrogen-bond donors (Lipinski definition) is 1. The summed E-state index contributed by atoms with van der Waals surface area (Å²) >= 11 is 1.73. The first kappa shape index (κ1) is 14.7. The molecule has 2 aromatic rings. The first-order valence-electron chi connectivity index (χ1n) is 7.44. The molecule has 0 aliphatic heterocycles. The van der Waals surface area contributed by atoms with Crippen LogP contribution in [0, 0.1) is 19.7 Å². The normalized spacial score (nSPS) is 21.0. The lowest BCUT2D eigenvalue weighted by atomic mass is 9.91. The smallest absolute Gasteiger partial charge is 0.126 e. The number of nitrogens with zero attached hydrogens (tertiary/aromatic N) is 1. The van der Waals surface area contributed by atoms with Gasteiger partial charge < -0.3 is 0 Å². The summed E-state index contributed by atoms with van der Waals surface area (Å²) in [7, 11) is 0. The number of hydrogen-bond acceptors (Lipinski definition) is 3. The Labute approximate surface area is 129 Å². The Balaban J connectivity index is 2.19. The fourth-order valence-electron chi connectivity index (χ4n) is 3.24. The van der Waals surface area contributed by atoms with E-state index in [1.54, 1.807) is 17.4 Å². The summed E-state index contributed by atoms with van der Waals surface area (Å²) < 4.78 is 14.1. The Bertz CT molecular complexity index is 658. The van der Waals surface area contributed by atoms with Crippen molar-refractivity contribution in [2.45, 2.75) is 52.1 Å². The molecule has 1 N–H and O–H groups in total. The van der Waals surface area contributed by atoms with Gasteiger partial charge >= 0.3 is 0 Å². The number of nitrogens with one attached hydrogen (secondary N) is 1. The molecule has 0 spiro atoms. The average molecular weight is 304 g/mol. The molecule has 0 radical (unpaired) electrons. The third kappa shape index (κ3) is 2.30. The monoisotopic (exact) mass is 304 g/mol. The molecular formula is C17H21FN2S. The highest BCUT2D eigenvalue weighted by atomic mass is 32.1. The highest BCUT2D eigenvalue weighted by Gasteiger charge is 2.44. The zero-order valence-corrected chi connectivity index (χ0v) is 13.8. The molecule has 0 amide bonds. The third-order valence-corrected chi connectivity index (χ3v) is 5.49. The van der Waals surface area contributed by atoms with Gasteiger partial charge in [-0.1, -0.05) is 12.1 Å². The summed E-state index contributed by atoms with van der Waals surface area (Å²) in [5.74, 6) is -0.0927. The van der Waals surface area contributed by atoms with Gasteiger partial charge in [0.05, 0.1) is 11.2 Å². The van der Waals surface area contributed by atoms with Crippen molar-refractivity contribution in [1.82, 2.24) is 10.3 Å². The minimum atomic E-state index is -0.338. The molecular weight excluding hydrogens is 283 g/mol. The van der Waals surface area contributed by atoms with Gasteiger partial charge in [-0.3, -0.25) is 5.32 Å². The van der Waals surface area contributed by atoms with Crippen molar-refractivity contribution < 1.29 is 4.39 Å². The summed E-state index contributed by atoms with van der Waals surface area (Å²) in [5, 5.41) is 4.74. The lowest BCUT2D eigenvalue weighted by molar-refractivity contribution is 0.361. The van der Waals surface area contributed by atoms with E-state index < -0.39 is 0 Å². The van der Waals surface area contributed by atoms with Crippen molar-refractivity contribution in [3.05, 3.63) is 50.7 Å². The van der Waals surface area contributed by atoms with Crippen LogP contribution in [0.3, 0.4) is 0 Å². The van der Waals surface area contributed by atoms with Gasteiger partial charge in [0, 0.05) is 10.9 Å². The van der Waals surface area contributed by atoms with E-state index in [0.717, 1.165) is 34.7 Å². The molecule has 2 nitrogen and oxygen atoms in total. The third-order valence-electron chi connectivity index (χ3n) is 4.26. The fourth-order valence-corrected chi connectivity index (χ4v) is 4.35. The molecule has 1 unspecified atom stereocenters. The molecule has 0 saturated heterocycles. The van der Waals surface area contributed by atoms with E-state index in [9.17, 15) is 4.39 Å². The Morgan fingerprint density at radius 3 is 2.71 bits per heavy atom. The van der Waals surface area contributed by atoms with E-state index in [4.69, 9.17) is 4.98 Å². The van der Waals surface area contributed by atoms with E-state index in [1.807, 2.05) is 19.1 Å². The molecule has 21 heavy (non-hydrogen) atoms. The zero-order valence-electron chi connectivity index (χ0n) is 13.0. The molecule has 1 atom stereocenters. The van der Waals surface area contributed by atoms with Gasteiger partial charge in [0.25, 0.3) is 0 Å². The molecule has 1 aromatic heterocycles. The predicted molar refractivity (Wildman–Crippen MR) is 85.4 cm³/mol. The zero-order chi connectivity index (χ0) is 15.2. The summed E-state index contributed by atoms with van der Waals surface area (Å²) in [4.78, 5) is 6.02. The molecule has 4 heteroatoms. The van der Waals surface area contributed by atoms with Crippen LogP contribution in [-0.2, 0) is 12.0 Å². The maximum Gasteiger partial charge on any atom is 0.126 e. The van der Waals surface area contributed by atoms with Gasteiger partial charge in [-0.2, -0.15) is 0 Å². The van der Waals surface area contributed by atoms with Crippen LogP contribution in [0.4, 0.5) is 4.39 Å². The summed E-state index contributed by atoms with van der Waals surface area (Å²) in [6.45, 7) is 8.40. The molecule has 0 fully saturated rings. The second-order valence-corrected chi connectivity index (χ2v) is 7.33. The van der Waals surface area contributed by atoms with Crippen LogP contribution < -0.4 is 5.32 Å². The van der Waals surface area contributed by atoms with Crippen molar-refractivity contribution in [2.24, 2.45) is 0 Å². The molecule has 1 aliphatic rings. The Morgan fingerprint density at radius 1 is 1.33 bits per heavy atom. The Hall–Kier alpha value is -1.26. The number of rotatable bonds is 3. The van der Waals surface area contributed by atoms with E-state index in [-0.39, 0.29) is 11.4 Å². The predicted octanol–water partition coefficient (Wildman–Crippen LogP) is 4.09. The van der Waals surface area contributed by atoms with Crippen molar-refractivity contribution in [3.8, 4) is 0 Å².